The Morgan fingerprint density at radius 2 is 1.60 bits per heavy atom. The molecule has 1 aliphatic heterocycles. The van der Waals surface area contributed by atoms with Gasteiger partial charge in [0.2, 0.25) is 0 Å². The number of piperidine rings is 1. The zero-order chi connectivity index (χ0) is 17.5. The third-order valence-corrected chi connectivity index (χ3v) is 5.25. The first kappa shape index (κ1) is 17.8. The van der Waals surface area contributed by atoms with Gasteiger partial charge >= 0.3 is 0 Å². The number of nitrogens with two attached hydrogens (primary N) is 1. The maximum absolute atomic E-state index is 12.5. The zero-order valence-electron chi connectivity index (χ0n) is 14.8. The Kier molecular flexibility index (Phi) is 6.37. The molecule has 1 heterocycles. The van der Waals surface area contributed by atoms with Crippen LogP contribution in [0.15, 0.2) is 60.7 Å². The van der Waals surface area contributed by atoms with Crippen LogP contribution in [0.4, 0.5) is 0 Å². The number of carbonyl (C=O) groups is 1. The number of hydrogen-bond donors (Lipinski definition) is 1. The summed E-state index contributed by atoms with van der Waals surface area (Å²) in [5, 5.41) is 0. The molecule has 1 fully saturated rings. The second-order valence-electron chi connectivity index (χ2n) is 7.05. The highest BCUT2D eigenvalue weighted by atomic mass is 16.1. The van der Waals surface area contributed by atoms with E-state index in [9.17, 15) is 4.79 Å². The fraction of sp³-hybridized carbons (Fsp3) is 0.409. The van der Waals surface area contributed by atoms with Gasteiger partial charge in [-0.3, -0.25) is 4.79 Å². The SMILES string of the molecule is NC(CCN1CCC(C(=O)Cc2ccccc2)CC1)c1ccccc1. The number of carbonyl (C=O) groups excluding carboxylic acids is 1. The van der Waals surface area contributed by atoms with Gasteiger partial charge in [0.15, 0.2) is 0 Å². The van der Waals surface area contributed by atoms with Crippen molar-refractivity contribution in [2.75, 3.05) is 19.6 Å². The van der Waals surface area contributed by atoms with Crippen molar-refractivity contribution < 1.29 is 4.79 Å². The molecule has 1 unspecified atom stereocenters. The molecule has 0 aliphatic carbocycles. The van der Waals surface area contributed by atoms with Crippen LogP contribution in [0.25, 0.3) is 0 Å². The molecule has 0 radical (unpaired) electrons. The van der Waals surface area contributed by atoms with E-state index in [1.165, 1.54) is 5.56 Å². The first-order valence-corrected chi connectivity index (χ1v) is 9.32. The molecule has 0 aromatic heterocycles. The maximum Gasteiger partial charge on any atom is 0.140 e. The van der Waals surface area contributed by atoms with Gasteiger partial charge in [-0.05, 0) is 50.0 Å². The molecule has 2 N–H and O–H groups in total. The summed E-state index contributed by atoms with van der Waals surface area (Å²) in [6.07, 6.45) is 3.50. The number of ketones is 1. The summed E-state index contributed by atoms with van der Waals surface area (Å²) in [5.74, 6) is 0.617. The minimum absolute atomic E-state index is 0.0960. The fourth-order valence-electron chi connectivity index (χ4n) is 3.61. The molecular weight excluding hydrogens is 308 g/mol. The average molecular weight is 336 g/mol. The van der Waals surface area contributed by atoms with Crippen molar-refractivity contribution in [3.05, 3.63) is 71.8 Å². The van der Waals surface area contributed by atoms with E-state index in [1.54, 1.807) is 0 Å². The Labute approximate surface area is 150 Å². The molecule has 132 valence electrons. The van der Waals surface area contributed by atoms with E-state index in [0.29, 0.717) is 12.2 Å². The lowest BCUT2D eigenvalue weighted by Crippen LogP contribution is -2.38. The molecule has 1 aliphatic rings. The van der Waals surface area contributed by atoms with E-state index in [1.807, 2.05) is 48.5 Å². The molecule has 0 amide bonds. The molecule has 2 aromatic rings. The first-order valence-electron chi connectivity index (χ1n) is 9.32. The van der Waals surface area contributed by atoms with Gasteiger partial charge < -0.3 is 10.6 Å². The first-order chi connectivity index (χ1) is 12.2. The number of benzene rings is 2. The van der Waals surface area contributed by atoms with Gasteiger partial charge in [0, 0.05) is 18.4 Å². The van der Waals surface area contributed by atoms with Crippen molar-refractivity contribution in [2.24, 2.45) is 11.7 Å². The number of nitrogens with zero attached hydrogens (tertiary/aromatic N) is 1. The molecule has 0 spiro atoms. The summed E-state index contributed by atoms with van der Waals surface area (Å²) in [6.45, 7) is 3.02. The lowest BCUT2D eigenvalue weighted by atomic mass is 9.89. The van der Waals surface area contributed by atoms with Gasteiger partial charge in [-0.1, -0.05) is 60.7 Å². The summed E-state index contributed by atoms with van der Waals surface area (Å²) in [5.41, 5.74) is 8.63. The minimum Gasteiger partial charge on any atom is -0.324 e. The van der Waals surface area contributed by atoms with E-state index < -0.39 is 0 Å². The van der Waals surface area contributed by atoms with Gasteiger partial charge in [-0.25, -0.2) is 0 Å². The molecule has 1 saturated heterocycles. The molecule has 0 saturated carbocycles. The molecule has 2 aromatic carbocycles. The Hall–Kier alpha value is -1.97. The largest absolute Gasteiger partial charge is 0.324 e. The van der Waals surface area contributed by atoms with Crippen LogP contribution in [0.1, 0.15) is 36.4 Å². The molecule has 3 nitrogen and oxygen atoms in total. The van der Waals surface area contributed by atoms with Crippen molar-refractivity contribution in [2.45, 2.75) is 31.7 Å². The van der Waals surface area contributed by atoms with E-state index in [0.717, 1.165) is 44.5 Å². The smallest absolute Gasteiger partial charge is 0.140 e. The molecular formula is C22H28N2O. The summed E-state index contributed by atoms with van der Waals surface area (Å²) >= 11 is 0. The highest BCUT2D eigenvalue weighted by molar-refractivity contribution is 5.83. The van der Waals surface area contributed by atoms with Crippen LogP contribution in [0.3, 0.4) is 0 Å². The van der Waals surface area contributed by atoms with Gasteiger partial charge in [0.1, 0.15) is 5.78 Å². The van der Waals surface area contributed by atoms with Crippen molar-refractivity contribution in [3.63, 3.8) is 0 Å². The Morgan fingerprint density at radius 1 is 1.00 bits per heavy atom. The standard InChI is InChI=1S/C22H28N2O/c23-21(19-9-5-2-6-10-19)13-16-24-14-11-20(12-15-24)22(25)17-18-7-3-1-4-8-18/h1-10,20-21H,11-17,23H2. The van der Waals surface area contributed by atoms with E-state index in [2.05, 4.69) is 17.0 Å². The lowest BCUT2D eigenvalue weighted by molar-refractivity contribution is -0.123. The predicted octanol–water partition coefficient (Wildman–Crippen LogP) is 3.60. The lowest BCUT2D eigenvalue weighted by Gasteiger charge is -2.32. The third-order valence-electron chi connectivity index (χ3n) is 5.25. The third kappa shape index (κ3) is 5.25. The van der Waals surface area contributed by atoms with Gasteiger partial charge in [0.05, 0.1) is 0 Å². The van der Waals surface area contributed by atoms with Crippen molar-refractivity contribution >= 4 is 5.78 Å². The summed E-state index contributed by atoms with van der Waals surface area (Å²) in [7, 11) is 0. The predicted molar refractivity (Wildman–Crippen MR) is 102 cm³/mol. The summed E-state index contributed by atoms with van der Waals surface area (Å²) in [4.78, 5) is 14.9. The van der Waals surface area contributed by atoms with Crippen molar-refractivity contribution in [1.29, 1.82) is 0 Å². The highest BCUT2D eigenvalue weighted by Gasteiger charge is 2.24. The number of likely N-dealkylation sites (tertiary alicyclic amines) is 1. The van der Waals surface area contributed by atoms with Gasteiger partial charge in [-0.2, -0.15) is 0 Å². The van der Waals surface area contributed by atoms with Crippen LogP contribution in [-0.2, 0) is 11.2 Å². The van der Waals surface area contributed by atoms with Crippen LogP contribution in [0.5, 0.6) is 0 Å². The Morgan fingerprint density at radius 3 is 2.24 bits per heavy atom. The quantitative estimate of drug-likeness (QED) is 0.840. The number of Topliss-reactive ketones (excluding diaryl/α,β-unsaturated/α-hetero) is 1. The van der Waals surface area contributed by atoms with Crippen LogP contribution in [0.2, 0.25) is 0 Å². The number of hydrogen-bond acceptors (Lipinski definition) is 3. The molecule has 0 bridgehead atoms. The van der Waals surface area contributed by atoms with Gasteiger partial charge in [-0.15, -0.1) is 0 Å². The summed E-state index contributed by atoms with van der Waals surface area (Å²) < 4.78 is 0. The number of rotatable bonds is 7. The second kappa shape index (κ2) is 8.93. The van der Waals surface area contributed by atoms with Crippen LogP contribution in [-0.4, -0.2) is 30.3 Å². The van der Waals surface area contributed by atoms with E-state index in [-0.39, 0.29) is 12.0 Å². The van der Waals surface area contributed by atoms with Crippen molar-refractivity contribution in [3.8, 4) is 0 Å². The molecule has 3 rings (SSSR count). The normalized spacial score (nSPS) is 17.3. The summed E-state index contributed by atoms with van der Waals surface area (Å²) in [6, 6.07) is 20.5. The topological polar surface area (TPSA) is 46.3 Å². The molecule has 25 heavy (non-hydrogen) atoms. The highest BCUT2D eigenvalue weighted by Crippen LogP contribution is 2.21. The van der Waals surface area contributed by atoms with Crippen molar-refractivity contribution in [1.82, 2.24) is 4.90 Å². The minimum atomic E-state index is 0.0960. The van der Waals surface area contributed by atoms with Crippen LogP contribution in [0, 0.1) is 5.92 Å². The molecule has 1 atom stereocenters. The van der Waals surface area contributed by atoms with E-state index >= 15 is 0 Å². The fourth-order valence-corrected chi connectivity index (χ4v) is 3.61. The molecule has 3 heteroatoms. The second-order valence-corrected chi connectivity index (χ2v) is 7.05. The van der Waals surface area contributed by atoms with Gasteiger partial charge in [0.25, 0.3) is 0 Å². The zero-order valence-corrected chi connectivity index (χ0v) is 14.8. The average Bonchev–Trinajstić information content (AvgIpc) is 2.68. The van der Waals surface area contributed by atoms with Crippen LogP contribution < -0.4 is 5.73 Å². The monoisotopic (exact) mass is 336 g/mol. The Bertz CT molecular complexity index is 648. The maximum atomic E-state index is 12.5. The van der Waals surface area contributed by atoms with E-state index in [4.69, 9.17) is 5.73 Å². The van der Waals surface area contributed by atoms with Crippen LogP contribution >= 0.6 is 0 Å². The Balaban J connectivity index is 1.40.